The highest BCUT2D eigenvalue weighted by Crippen LogP contribution is 2.21. The van der Waals surface area contributed by atoms with Gasteiger partial charge in [-0.05, 0) is 61.2 Å². The van der Waals surface area contributed by atoms with Crippen LogP contribution in [0.5, 0.6) is 0 Å². The molecule has 0 aliphatic rings. The third-order valence-electron chi connectivity index (χ3n) is 4.74. The number of furan rings is 1. The summed E-state index contributed by atoms with van der Waals surface area (Å²) in [6.45, 7) is 5.78. The van der Waals surface area contributed by atoms with Crippen molar-refractivity contribution < 1.29 is 17.6 Å². The third-order valence-corrected chi connectivity index (χ3v) is 6.21. The first-order chi connectivity index (χ1) is 13.2. The molecule has 0 bridgehead atoms. The number of carbonyl (C=O) groups is 1. The standard InChI is InChI=1S/C22H23NO4S/c1-15-8-6-10-20(17(15)3)23-22(24)21-12-11-19(27-21)14-28(25,26)13-18-9-5-4-7-16(18)2/h4-12H,13-14H2,1-3H3,(H,23,24). The lowest BCUT2D eigenvalue weighted by Gasteiger charge is -2.09. The van der Waals surface area contributed by atoms with Gasteiger partial charge in [0, 0.05) is 5.69 Å². The number of nitrogens with one attached hydrogen (secondary N) is 1. The van der Waals surface area contributed by atoms with Crippen LogP contribution in [0.25, 0.3) is 0 Å². The van der Waals surface area contributed by atoms with Crippen molar-refractivity contribution in [2.45, 2.75) is 32.3 Å². The van der Waals surface area contributed by atoms with Crippen molar-refractivity contribution >= 4 is 21.4 Å². The van der Waals surface area contributed by atoms with Crippen molar-refractivity contribution in [1.82, 2.24) is 0 Å². The van der Waals surface area contributed by atoms with Crippen LogP contribution in [-0.2, 0) is 21.3 Å². The predicted octanol–water partition coefficient (Wildman–Crippen LogP) is 4.57. The Balaban J connectivity index is 1.70. The second-order valence-electron chi connectivity index (χ2n) is 6.93. The molecule has 146 valence electrons. The maximum absolute atomic E-state index is 12.5. The summed E-state index contributed by atoms with van der Waals surface area (Å²) in [6, 6.07) is 16.1. The summed E-state index contributed by atoms with van der Waals surface area (Å²) >= 11 is 0. The summed E-state index contributed by atoms with van der Waals surface area (Å²) in [5, 5.41) is 2.81. The average Bonchev–Trinajstić information content (AvgIpc) is 3.08. The molecule has 0 saturated carbocycles. The Morgan fingerprint density at radius 2 is 1.61 bits per heavy atom. The predicted molar refractivity (Wildman–Crippen MR) is 110 cm³/mol. The molecule has 1 heterocycles. The van der Waals surface area contributed by atoms with Crippen molar-refractivity contribution in [1.29, 1.82) is 0 Å². The van der Waals surface area contributed by atoms with E-state index in [9.17, 15) is 13.2 Å². The van der Waals surface area contributed by atoms with E-state index in [1.807, 2.05) is 57.2 Å². The number of aryl methyl sites for hydroxylation is 2. The molecule has 1 amide bonds. The second kappa shape index (κ2) is 8.02. The molecule has 2 aromatic carbocycles. The van der Waals surface area contributed by atoms with E-state index < -0.39 is 15.7 Å². The highest BCUT2D eigenvalue weighted by atomic mass is 32.2. The normalized spacial score (nSPS) is 11.4. The van der Waals surface area contributed by atoms with Crippen LogP contribution in [0, 0.1) is 20.8 Å². The van der Waals surface area contributed by atoms with Crippen LogP contribution in [-0.4, -0.2) is 14.3 Å². The first-order valence-corrected chi connectivity index (χ1v) is 10.8. The van der Waals surface area contributed by atoms with E-state index in [4.69, 9.17) is 4.42 Å². The van der Waals surface area contributed by atoms with E-state index in [2.05, 4.69) is 5.32 Å². The quantitative estimate of drug-likeness (QED) is 0.661. The van der Waals surface area contributed by atoms with Gasteiger partial charge in [-0.2, -0.15) is 0 Å². The van der Waals surface area contributed by atoms with Gasteiger partial charge in [0.15, 0.2) is 15.6 Å². The fourth-order valence-corrected chi connectivity index (χ4v) is 4.41. The van der Waals surface area contributed by atoms with Crippen molar-refractivity contribution in [3.63, 3.8) is 0 Å². The molecule has 3 rings (SSSR count). The fourth-order valence-electron chi connectivity index (χ4n) is 2.92. The van der Waals surface area contributed by atoms with Crippen LogP contribution in [0.3, 0.4) is 0 Å². The molecule has 0 spiro atoms. The Bertz CT molecular complexity index is 1110. The lowest BCUT2D eigenvalue weighted by molar-refractivity contribution is 0.0995. The molecule has 0 aliphatic heterocycles. The fraction of sp³-hybridized carbons (Fsp3) is 0.227. The molecule has 0 atom stereocenters. The minimum Gasteiger partial charge on any atom is -0.455 e. The van der Waals surface area contributed by atoms with E-state index in [0.29, 0.717) is 5.69 Å². The first kappa shape index (κ1) is 19.9. The Morgan fingerprint density at radius 1 is 0.893 bits per heavy atom. The van der Waals surface area contributed by atoms with Crippen molar-refractivity contribution in [2.75, 3.05) is 5.32 Å². The van der Waals surface area contributed by atoms with Gasteiger partial charge in [0.05, 0.1) is 5.75 Å². The minimum absolute atomic E-state index is 0.0651. The minimum atomic E-state index is -3.42. The van der Waals surface area contributed by atoms with Gasteiger partial charge in [-0.1, -0.05) is 36.4 Å². The number of amides is 1. The third kappa shape index (κ3) is 4.70. The molecule has 1 aromatic heterocycles. The Hall–Kier alpha value is -2.86. The number of rotatable bonds is 6. The molecule has 0 fully saturated rings. The number of benzene rings is 2. The number of sulfone groups is 1. The molecule has 5 nitrogen and oxygen atoms in total. The summed E-state index contributed by atoms with van der Waals surface area (Å²) < 4.78 is 30.5. The monoisotopic (exact) mass is 397 g/mol. The molecular formula is C22H23NO4S. The lowest BCUT2D eigenvalue weighted by atomic mass is 10.1. The summed E-state index contributed by atoms with van der Waals surface area (Å²) in [5.74, 6) is -0.388. The molecule has 0 aliphatic carbocycles. The average molecular weight is 397 g/mol. The number of carbonyl (C=O) groups excluding carboxylic acids is 1. The maximum Gasteiger partial charge on any atom is 0.291 e. The summed E-state index contributed by atoms with van der Waals surface area (Å²) in [6.07, 6.45) is 0. The van der Waals surface area contributed by atoms with Gasteiger partial charge in [-0.3, -0.25) is 4.79 Å². The van der Waals surface area contributed by atoms with E-state index in [0.717, 1.165) is 22.3 Å². The van der Waals surface area contributed by atoms with E-state index in [1.54, 1.807) is 6.07 Å². The largest absolute Gasteiger partial charge is 0.455 e. The highest BCUT2D eigenvalue weighted by molar-refractivity contribution is 7.89. The molecule has 6 heteroatoms. The van der Waals surface area contributed by atoms with E-state index in [-0.39, 0.29) is 23.0 Å². The SMILES string of the molecule is Cc1ccccc1CS(=O)(=O)Cc1ccc(C(=O)Nc2cccc(C)c2C)o1. The van der Waals surface area contributed by atoms with Crippen molar-refractivity contribution in [3.8, 4) is 0 Å². The Kier molecular flexibility index (Phi) is 5.70. The van der Waals surface area contributed by atoms with Gasteiger partial charge in [0.1, 0.15) is 11.5 Å². The second-order valence-corrected chi connectivity index (χ2v) is 8.99. The molecular weight excluding hydrogens is 374 g/mol. The number of hydrogen-bond donors (Lipinski definition) is 1. The van der Waals surface area contributed by atoms with Gasteiger partial charge < -0.3 is 9.73 Å². The topological polar surface area (TPSA) is 76.4 Å². The van der Waals surface area contributed by atoms with Crippen LogP contribution in [0.15, 0.2) is 59.0 Å². The molecule has 28 heavy (non-hydrogen) atoms. The van der Waals surface area contributed by atoms with Gasteiger partial charge in [-0.25, -0.2) is 8.42 Å². The zero-order valence-electron chi connectivity index (χ0n) is 16.2. The Labute approximate surface area is 165 Å². The van der Waals surface area contributed by atoms with Gasteiger partial charge in [-0.15, -0.1) is 0 Å². The Morgan fingerprint density at radius 3 is 2.36 bits per heavy atom. The maximum atomic E-state index is 12.5. The van der Waals surface area contributed by atoms with Crippen molar-refractivity contribution in [2.24, 2.45) is 0 Å². The molecule has 0 unspecified atom stereocenters. The number of anilines is 1. The van der Waals surface area contributed by atoms with Crippen LogP contribution in [0.2, 0.25) is 0 Å². The summed E-state index contributed by atoms with van der Waals surface area (Å²) in [4.78, 5) is 12.4. The van der Waals surface area contributed by atoms with Gasteiger partial charge >= 0.3 is 0 Å². The van der Waals surface area contributed by atoms with E-state index in [1.165, 1.54) is 12.1 Å². The van der Waals surface area contributed by atoms with Gasteiger partial charge in [0.25, 0.3) is 5.91 Å². The highest BCUT2D eigenvalue weighted by Gasteiger charge is 2.19. The van der Waals surface area contributed by atoms with Crippen LogP contribution in [0.1, 0.15) is 38.6 Å². The zero-order valence-corrected chi connectivity index (χ0v) is 17.0. The smallest absolute Gasteiger partial charge is 0.291 e. The van der Waals surface area contributed by atoms with Gasteiger partial charge in [0.2, 0.25) is 0 Å². The van der Waals surface area contributed by atoms with Crippen LogP contribution >= 0.6 is 0 Å². The van der Waals surface area contributed by atoms with Crippen LogP contribution < -0.4 is 5.32 Å². The molecule has 0 radical (unpaired) electrons. The summed E-state index contributed by atoms with van der Waals surface area (Å²) in [7, 11) is -3.42. The molecule has 3 aromatic rings. The first-order valence-electron chi connectivity index (χ1n) is 8.96. The lowest BCUT2D eigenvalue weighted by Crippen LogP contribution is -2.12. The molecule has 0 saturated heterocycles. The van der Waals surface area contributed by atoms with E-state index >= 15 is 0 Å². The van der Waals surface area contributed by atoms with Crippen molar-refractivity contribution in [3.05, 3.63) is 88.4 Å². The summed E-state index contributed by atoms with van der Waals surface area (Å²) in [5.41, 5.74) is 4.44. The number of hydrogen-bond acceptors (Lipinski definition) is 4. The molecule has 1 N–H and O–H groups in total. The zero-order chi connectivity index (χ0) is 20.3. The van der Waals surface area contributed by atoms with Crippen LogP contribution in [0.4, 0.5) is 5.69 Å².